The summed E-state index contributed by atoms with van der Waals surface area (Å²) in [6, 6.07) is 13.3. The number of carbonyl (C=O) groups is 1. The molecule has 1 amide bonds. The number of methoxy groups -OCH3 is 1. The predicted octanol–water partition coefficient (Wildman–Crippen LogP) is 4.34. The van der Waals surface area contributed by atoms with Crippen LogP contribution >= 0.6 is 0 Å². The predicted molar refractivity (Wildman–Crippen MR) is 109 cm³/mol. The van der Waals surface area contributed by atoms with Gasteiger partial charge in [-0.25, -0.2) is 9.97 Å². The fourth-order valence-electron chi connectivity index (χ4n) is 3.78. The van der Waals surface area contributed by atoms with Crippen LogP contribution in [0.2, 0.25) is 0 Å². The SMILES string of the molecule is COc1cccc(Cc2cnc(C3CCCCN3C(=O)c3cccc(C)n3)o2)c1. The van der Waals surface area contributed by atoms with Gasteiger partial charge in [-0.1, -0.05) is 18.2 Å². The third kappa shape index (κ3) is 4.31. The number of aryl methyl sites for hydroxylation is 1. The van der Waals surface area contributed by atoms with Crippen LogP contribution in [0.3, 0.4) is 0 Å². The molecule has 3 heterocycles. The van der Waals surface area contributed by atoms with E-state index < -0.39 is 0 Å². The van der Waals surface area contributed by atoms with E-state index in [1.165, 1.54) is 0 Å². The van der Waals surface area contributed by atoms with Gasteiger partial charge in [-0.15, -0.1) is 0 Å². The molecule has 1 aliphatic heterocycles. The molecule has 3 aromatic rings. The molecule has 0 N–H and O–H groups in total. The zero-order valence-corrected chi connectivity index (χ0v) is 16.8. The molecular formula is C23H25N3O3. The van der Waals surface area contributed by atoms with E-state index in [2.05, 4.69) is 9.97 Å². The van der Waals surface area contributed by atoms with Gasteiger partial charge in [-0.3, -0.25) is 4.79 Å². The van der Waals surface area contributed by atoms with Gasteiger partial charge in [-0.05, 0) is 56.0 Å². The summed E-state index contributed by atoms with van der Waals surface area (Å²) in [6.45, 7) is 2.58. The molecule has 1 atom stereocenters. The summed E-state index contributed by atoms with van der Waals surface area (Å²) in [7, 11) is 1.66. The first kappa shape index (κ1) is 19.2. The molecule has 6 heteroatoms. The van der Waals surface area contributed by atoms with Crippen LogP contribution in [0.25, 0.3) is 0 Å². The summed E-state index contributed by atoms with van der Waals surface area (Å²) in [6.07, 6.45) is 5.26. The molecule has 1 unspecified atom stereocenters. The molecule has 4 rings (SSSR count). The second-order valence-electron chi connectivity index (χ2n) is 7.37. The molecule has 6 nitrogen and oxygen atoms in total. The van der Waals surface area contributed by atoms with Crippen LogP contribution in [-0.2, 0) is 6.42 Å². The summed E-state index contributed by atoms with van der Waals surface area (Å²) in [4.78, 5) is 23.8. The smallest absolute Gasteiger partial charge is 0.273 e. The Balaban J connectivity index is 1.54. The second kappa shape index (κ2) is 8.47. The first-order valence-electron chi connectivity index (χ1n) is 9.96. The number of oxazole rings is 1. The van der Waals surface area contributed by atoms with Crippen LogP contribution in [0.4, 0.5) is 0 Å². The fraction of sp³-hybridized carbons (Fsp3) is 0.348. The number of nitrogens with zero attached hydrogens (tertiary/aromatic N) is 3. The molecular weight excluding hydrogens is 366 g/mol. The Morgan fingerprint density at radius 1 is 1.24 bits per heavy atom. The van der Waals surface area contributed by atoms with Crippen molar-refractivity contribution < 1.29 is 13.9 Å². The van der Waals surface area contributed by atoms with Crippen molar-refractivity contribution in [1.29, 1.82) is 0 Å². The van der Waals surface area contributed by atoms with Gasteiger partial charge in [0, 0.05) is 18.7 Å². The number of carbonyl (C=O) groups excluding carboxylic acids is 1. The third-order valence-corrected chi connectivity index (χ3v) is 5.24. The maximum atomic E-state index is 13.1. The monoisotopic (exact) mass is 391 g/mol. The topological polar surface area (TPSA) is 68.5 Å². The standard InChI is InChI=1S/C23H25N3O3/c1-16-7-5-10-20(25-16)23(27)26-12-4-3-11-21(26)22-24-15-19(29-22)14-17-8-6-9-18(13-17)28-2/h5-10,13,15,21H,3-4,11-12,14H2,1-2H3. The zero-order valence-electron chi connectivity index (χ0n) is 16.8. The van der Waals surface area contributed by atoms with Crippen LogP contribution < -0.4 is 4.74 Å². The number of amides is 1. The summed E-state index contributed by atoms with van der Waals surface area (Å²) in [5.41, 5.74) is 2.40. The second-order valence-corrected chi connectivity index (χ2v) is 7.37. The largest absolute Gasteiger partial charge is 0.497 e. The number of ether oxygens (including phenoxy) is 1. The zero-order chi connectivity index (χ0) is 20.2. The molecule has 1 aromatic carbocycles. The van der Waals surface area contributed by atoms with Crippen molar-refractivity contribution in [3.8, 4) is 5.75 Å². The van der Waals surface area contributed by atoms with Crippen LogP contribution in [-0.4, -0.2) is 34.4 Å². The van der Waals surface area contributed by atoms with Crippen LogP contribution in [0, 0.1) is 6.92 Å². The minimum Gasteiger partial charge on any atom is -0.497 e. The number of piperidine rings is 1. The van der Waals surface area contributed by atoms with Gasteiger partial charge in [0.05, 0.1) is 13.3 Å². The van der Waals surface area contributed by atoms with Crippen molar-refractivity contribution in [2.24, 2.45) is 0 Å². The van der Waals surface area contributed by atoms with Crippen LogP contribution in [0.5, 0.6) is 5.75 Å². The van der Waals surface area contributed by atoms with Crippen molar-refractivity contribution in [3.05, 3.63) is 77.3 Å². The molecule has 29 heavy (non-hydrogen) atoms. The lowest BCUT2D eigenvalue weighted by Gasteiger charge is -2.33. The van der Waals surface area contributed by atoms with Crippen molar-refractivity contribution in [1.82, 2.24) is 14.9 Å². The highest BCUT2D eigenvalue weighted by molar-refractivity contribution is 5.92. The highest BCUT2D eigenvalue weighted by Gasteiger charge is 2.32. The van der Waals surface area contributed by atoms with E-state index in [0.29, 0.717) is 24.6 Å². The molecule has 150 valence electrons. The number of rotatable bonds is 5. The van der Waals surface area contributed by atoms with Crippen molar-refractivity contribution in [3.63, 3.8) is 0 Å². The van der Waals surface area contributed by atoms with Gasteiger partial charge in [0.1, 0.15) is 23.2 Å². The number of benzene rings is 1. The molecule has 0 saturated carbocycles. The van der Waals surface area contributed by atoms with E-state index in [0.717, 1.165) is 42.0 Å². The first-order chi connectivity index (χ1) is 14.1. The van der Waals surface area contributed by atoms with E-state index >= 15 is 0 Å². The van der Waals surface area contributed by atoms with E-state index in [1.807, 2.05) is 48.2 Å². The van der Waals surface area contributed by atoms with E-state index in [-0.39, 0.29) is 11.9 Å². The minimum atomic E-state index is -0.155. The molecule has 1 aliphatic rings. The molecule has 2 aromatic heterocycles. The van der Waals surface area contributed by atoms with Crippen LogP contribution in [0.1, 0.15) is 58.7 Å². The summed E-state index contributed by atoms with van der Waals surface area (Å²) in [5, 5.41) is 0. The van der Waals surface area contributed by atoms with Gasteiger partial charge >= 0.3 is 0 Å². The number of hydrogen-bond donors (Lipinski definition) is 0. The highest BCUT2D eigenvalue weighted by atomic mass is 16.5. The van der Waals surface area contributed by atoms with Crippen molar-refractivity contribution in [2.75, 3.05) is 13.7 Å². The van der Waals surface area contributed by atoms with Gasteiger partial charge in [0.2, 0.25) is 5.89 Å². The summed E-state index contributed by atoms with van der Waals surface area (Å²) >= 11 is 0. The maximum Gasteiger partial charge on any atom is 0.273 e. The van der Waals surface area contributed by atoms with Crippen molar-refractivity contribution >= 4 is 5.91 Å². The molecule has 1 saturated heterocycles. The molecule has 0 spiro atoms. The summed E-state index contributed by atoms with van der Waals surface area (Å²) < 4.78 is 11.4. The van der Waals surface area contributed by atoms with Gasteiger partial charge < -0.3 is 14.1 Å². The van der Waals surface area contributed by atoms with E-state index in [1.54, 1.807) is 19.4 Å². The van der Waals surface area contributed by atoms with Crippen LogP contribution in [0.15, 0.2) is 53.1 Å². The molecule has 0 radical (unpaired) electrons. The minimum absolute atomic E-state index is 0.0639. The third-order valence-electron chi connectivity index (χ3n) is 5.24. The Morgan fingerprint density at radius 2 is 2.10 bits per heavy atom. The molecule has 0 aliphatic carbocycles. The average molecular weight is 391 g/mol. The lowest BCUT2D eigenvalue weighted by atomic mass is 10.0. The number of likely N-dealkylation sites (tertiary alicyclic amines) is 1. The Morgan fingerprint density at radius 3 is 2.93 bits per heavy atom. The van der Waals surface area contributed by atoms with Crippen molar-refractivity contribution in [2.45, 2.75) is 38.6 Å². The quantitative estimate of drug-likeness (QED) is 0.647. The Labute approximate surface area is 170 Å². The Bertz CT molecular complexity index is 998. The van der Waals surface area contributed by atoms with Gasteiger partial charge in [0.15, 0.2) is 0 Å². The lowest BCUT2D eigenvalue weighted by molar-refractivity contribution is 0.0563. The first-order valence-corrected chi connectivity index (χ1v) is 9.96. The average Bonchev–Trinajstić information content (AvgIpc) is 3.21. The van der Waals surface area contributed by atoms with Gasteiger partial charge in [0.25, 0.3) is 5.91 Å². The maximum absolute atomic E-state index is 13.1. The lowest BCUT2D eigenvalue weighted by Crippen LogP contribution is -2.39. The van der Waals surface area contributed by atoms with E-state index in [9.17, 15) is 4.79 Å². The summed E-state index contributed by atoms with van der Waals surface area (Å²) in [5.74, 6) is 2.13. The number of pyridine rings is 1. The van der Waals surface area contributed by atoms with Gasteiger partial charge in [-0.2, -0.15) is 0 Å². The number of aromatic nitrogens is 2. The molecule has 0 bridgehead atoms. The highest BCUT2D eigenvalue weighted by Crippen LogP contribution is 2.32. The fourth-order valence-corrected chi connectivity index (χ4v) is 3.78. The Hall–Kier alpha value is -3.15. The van der Waals surface area contributed by atoms with E-state index in [4.69, 9.17) is 9.15 Å². The molecule has 1 fully saturated rings. The Kier molecular flexibility index (Phi) is 5.60. The number of hydrogen-bond acceptors (Lipinski definition) is 5. The normalized spacial score (nSPS) is 16.6.